The second kappa shape index (κ2) is 12.9. The lowest BCUT2D eigenvalue weighted by molar-refractivity contribution is -0.155. The van der Waals surface area contributed by atoms with Crippen molar-refractivity contribution in [2.75, 3.05) is 26.5 Å². The van der Waals surface area contributed by atoms with Gasteiger partial charge >= 0.3 is 6.09 Å². The number of unbranched alkanes of at least 4 members (excludes halogenated alkanes) is 1. The molecule has 2 heterocycles. The van der Waals surface area contributed by atoms with Gasteiger partial charge in [-0.25, -0.2) is 4.79 Å². The van der Waals surface area contributed by atoms with Crippen LogP contribution in [0.2, 0.25) is 25.7 Å². The van der Waals surface area contributed by atoms with Crippen LogP contribution in [0.25, 0.3) is 10.9 Å². The fourth-order valence-electron chi connectivity index (χ4n) is 4.01. The average Bonchev–Trinajstić information content (AvgIpc) is 3.16. The normalized spacial score (nSPS) is 16.0. The number of benzene rings is 1. The molecule has 1 aromatic carbocycles. The van der Waals surface area contributed by atoms with E-state index in [1.54, 1.807) is 4.68 Å². The minimum Gasteiger partial charge on any atom is -0.450 e. The molecule has 0 bridgehead atoms. The zero-order valence-corrected chi connectivity index (χ0v) is 23.6. The Balaban J connectivity index is 1.71. The van der Waals surface area contributed by atoms with Crippen molar-refractivity contribution in [3.05, 3.63) is 29.5 Å². The number of carbonyl (C=O) groups excluding carboxylic acids is 3. The number of likely N-dealkylation sites (tertiary alicyclic amines) is 1. The van der Waals surface area contributed by atoms with Crippen LogP contribution in [-0.2, 0) is 26.1 Å². The molecule has 1 aliphatic rings. The second-order valence-electron chi connectivity index (χ2n) is 10.5. The number of piperidine rings is 1. The van der Waals surface area contributed by atoms with Gasteiger partial charge in [0.15, 0.2) is 0 Å². The third-order valence-corrected chi connectivity index (χ3v) is 7.93. The molecule has 0 saturated carbocycles. The third kappa shape index (κ3) is 7.91. The van der Waals surface area contributed by atoms with Crippen molar-refractivity contribution in [3.63, 3.8) is 0 Å². The maximum Gasteiger partial charge on any atom is 0.407 e. The first-order valence-electron chi connectivity index (χ1n) is 12.9. The molecule has 3 amide bonds. The summed E-state index contributed by atoms with van der Waals surface area (Å²) in [5.41, 5.74) is 2.26. The Morgan fingerprint density at radius 2 is 2.03 bits per heavy atom. The van der Waals surface area contributed by atoms with Crippen molar-refractivity contribution in [1.82, 2.24) is 20.0 Å². The van der Waals surface area contributed by atoms with Crippen LogP contribution in [0, 0.1) is 11.8 Å². The Hall–Kier alpha value is -3.16. The summed E-state index contributed by atoms with van der Waals surface area (Å²) in [5.74, 6) is 4.98. The topological polar surface area (TPSA) is 103 Å². The maximum atomic E-state index is 13.3. The highest BCUT2D eigenvalue weighted by atomic mass is 28.3. The SMILES string of the molecule is CCCCOC(=O)NCC#Cc1ccc2c(c1)c(C1CCC(=O)N(COCC[Si](C)(C)C)C1=O)nn2C. The van der Waals surface area contributed by atoms with Crippen LogP contribution < -0.4 is 5.32 Å². The van der Waals surface area contributed by atoms with Gasteiger partial charge in [-0.1, -0.05) is 44.8 Å². The van der Waals surface area contributed by atoms with Gasteiger partial charge in [-0.2, -0.15) is 5.10 Å². The van der Waals surface area contributed by atoms with E-state index in [4.69, 9.17) is 9.47 Å². The number of aryl methyl sites for hydroxylation is 1. The number of nitrogens with zero attached hydrogens (tertiary/aromatic N) is 3. The van der Waals surface area contributed by atoms with E-state index >= 15 is 0 Å². The molecular weight excluding hydrogens is 488 g/mol. The number of nitrogens with one attached hydrogen (secondary N) is 1. The first-order valence-corrected chi connectivity index (χ1v) is 16.6. The van der Waals surface area contributed by atoms with Gasteiger partial charge < -0.3 is 14.8 Å². The Kier molecular flexibility index (Phi) is 9.89. The summed E-state index contributed by atoms with van der Waals surface area (Å²) in [6.45, 7) is 9.88. The van der Waals surface area contributed by atoms with Crippen LogP contribution in [0.3, 0.4) is 0 Å². The summed E-state index contributed by atoms with van der Waals surface area (Å²) < 4.78 is 12.5. The number of hydrogen-bond acceptors (Lipinski definition) is 6. The highest BCUT2D eigenvalue weighted by molar-refractivity contribution is 6.76. The fourth-order valence-corrected chi connectivity index (χ4v) is 4.77. The van der Waals surface area contributed by atoms with Crippen LogP contribution in [0.4, 0.5) is 4.79 Å². The standard InChI is InChI=1S/C27H38N4O5Si/c1-6-7-15-36-27(34)28-14-8-9-20-10-12-23-22(18-20)25(29-30(23)2)21-11-13-24(32)31(26(21)33)19-35-16-17-37(3,4)5/h10,12,18,21H,6-7,11,13-17,19H2,1-5H3,(H,28,34). The molecule has 1 N–H and O–H groups in total. The Labute approximate surface area is 219 Å². The molecule has 37 heavy (non-hydrogen) atoms. The predicted octanol–water partition coefficient (Wildman–Crippen LogP) is 4.00. The van der Waals surface area contributed by atoms with Crippen molar-refractivity contribution in [2.45, 2.75) is 64.2 Å². The Bertz CT molecular complexity index is 1190. The lowest BCUT2D eigenvalue weighted by Gasteiger charge is -2.30. The number of amides is 3. The Morgan fingerprint density at radius 1 is 1.24 bits per heavy atom. The molecule has 2 aromatic rings. The molecule has 1 aliphatic heterocycles. The molecule has 3 rings (SSSR count). The number of aromatic nitrogens is 2. The molecule has 1 aromatic heterocycles. The number of imide groups is 1. The van der Waals surface area contributed by atoms with Gasteiger partial charge in [-0.05, 0) is 37.1 Å². The van der Waals surface area contributed by atoms with Crippen LogP contribution in [0.1, 0.15) is 49.8 Å². The largest absolute Gasteiger partial charge is 0.450 e. The molecule has 9 nitrogen and oxygen atoms in total. The summed E-state index contributed by atoms with van der Waals surface area (Å²) in [5, 5.41) is 8.09. The first kappa shape index (κ1) is 28.4. The molecule has 1 fully saturated rings. The van der Waals surface area contributed by atoms with E-state index < -0.39 is 20.1 Å². The predicted molar refractivity (Wildman–Crippen MR) is 145 cm³/mol. The number of hydrogen-bond donors (Lipinski definition) is 1. The van der Waals surface area contributed by atoms with E-state index in [0.29, 0.717) is 25.3 Å². The summed E-state index contributed by atoms with van der Waals surface area (Å²) in [6, 6.07) is 6.67. The number of ether oxygens (including phenoxy) is 2. The molecule has 200 valence electrons. The van der Waals surface area contributed by atoms with Crippen molar-refractivity contribution in [2.24, 2.45) is 7.05 Å². The molecule has 1 unspecified atom stereocenters. The van der Waals surface area contributed by atoms with Crippen LogP contribution in [-0.4, -0.2) is 67.2 Å². The van der Waals surface area contributed by atoms with Gasteiger partial charge in [0.05, 0.1) is 30.3 Å². The number of rotatable bonds is 10. The van der Waals surface area contributed by atoms with E-state index in [9.17, 15) is 14.4 Å². The second-order valence-corrected chi connectivity index (χ2v) is 16.1. The van der Waals surface area contributed by atoms with Gasteiger partial charge in [0.1, 0.15) is 6.73 Å². The summed E-state index contributed by atoms with van der Waals surface area (Å²) in [7, 11) is 0.568. The molecule has 0 aliphatic carbocycles. The minimum atomic E-state index is -1.27. The summed E-state index contributed by atoms with van der Waals surface area (Å²) >= 11 is 0. The van der Waals surface area contributed by atoms with E-state index in [1.807, 2.05) is 32.2 Å². The van der Waals surface area contributed by atoms with E-state index in [-0.39, 0.29) is 31.5 Å². The highest BCUT2D eigenvalue weighted by Gasteiger charge is 2.37. The zero-order valence-electron chi connectivity index (χ0n) is 22.6. The van der Waals surface area contributed by atoms with Crippen LogP contribution in [0.15, 0.2) is 18.2 Å². The van der Waals surface area contributed by atoms with Crippen LogP contribution in [0.5, 0.6) is 0 Å². The third-order valence-electron chi connectivity index (χ3n) is 6.22. The molecular formula is C27H38N4O5Si. The van der Waals surface area contributed by atoms with Crippen molar-refractivity contribution >= 4 is 36.9 Å². The van der Waals surface area contributed by atoms with Crippen molar-refractivity contribution in [1.29, 1.82) is 0 Å². The van der Waals surface area contributed by atoms with Gasteiger partial charge in [-0.15, -0.1) is 0 Å². The molecule has 0 radical (unpaired) electrons. The zero-order chi connectivity index (χ0) is 27.0. The van der Waals surface area contributed by atoms with E-state index in [1.165, 1.54) is 4.90 Å². The average molecular weight is 527 g/mol. The quantitative estimate of drug-likeness (QED) is 0.217. The molecule has 0 spiro atoms. The molecule has 1 atom stereocenters. The summed E-state index contributed by atoms with van der Waals surface area (Å²) in [6.07, 6.45) is 1.99. The summed E-state index contributed by atoms with van der Waals surface area (Å²) in [4.78, 5) is 38.7. The highest BCUT2D eigenvalue weighted by Crippen LogP contribution is 2.33. The van der Waals surface area contributed by atoms with Crippen molar-refractivity contribution in [3.8, 4) is 11.8 Å². The lowest BCUT2D eigenvalue weighted by Crippen LogP contribution is -2.45. The molecule has 1 saturated heterocycles. The van der Waals surface area contributed by atoms with E-state index in [2.05, 4.69) is 41.9 Å². The van der Waals surface area contributed by atoms with Gasteiger partial charge in [0.2, 0.25) is 11.8 Å². The monoisotopic (exact) mass is 526 g/mol. The lowest BCUT2D eigenvalue weighted by atomic mass is 9.91. The number of fused-ring (bicyclic) bond motifs is 1. The van der Waals surface area contributed by atoms with Gasteiger partial charge in [-0.3, -0.25) is 19.2 Å². The number of carbonyl (C=O) groups is 3. The number of alkyl carbamates (subject to hydrolysis) is 1. The maximum absolute atomic E-state index is 13.3. The van der Waals surface area contributed by atoms with Crippen molar-refractivity contribution < 1.29 is 23.9 Å². The first-order chi connectivity index (χ1) is 17.6. The van der Waals surface area contributed by atoms with Crippen LogP contribution >= 0.6 is 0 Å². The molecule has 10 heteroatoms. The Morgan fingerprint density at radius 3 is 2.76 bits per heavy atom. The van der Waals surface area contributed by atoms with Gasteiger partial charge in [0.25, 0.3) is 0 Å². The fraction of sp³-hybridized carbons (Fsp3) is 0.556. The smallest absolute Gasteiger partial charge is 0.407 e. The van der Waals surface area contributed by atoms with E-state index in [0.717, 1.165) is 35.4 Å². The van der Waals surface area contributed by atoms with Gasteiger partial charge in [0, 0.05) is 39.1 Å². The minimum absolute atomic E-state index is 0.0198.